The molecule has 3 aromatic rings. The van der Waals surface area contributed by atoms with Crippen molar-refractivity contribution in [2.75, 3.05) is 13.7 Å². The molecule has 1 aromatic heterocycles. The SMILES string of the molecule is COc1cccc(C(=O)N2CCc3c(c(C(=O)NCc4ccccc4)nn3C)C2)c1. The lowest BCUT2D eigenvalue weighted by Gasteiger charge is -2.27. The Labute approximate surface area is 175 Å². The normalized spacial score (nSPS) is 12.9. The minimum Gasteiger partial charge on any atom is -0.497 e. The van der Waals surface area contributed by atoms with E-state index >= 15 is 0 Å². The zero-order valence-corrected chi connectivity index (χ0v) is 17.1. The van der Waals surface area contributed by atoms with Crippen molar-refractivity contribution < 1.29 is 14.3 Å². The van der Waals surface area contributed by atoms with Gasteiger partial charge in [0.05, 0.1) is 13.7 Å². The summed E-state index contributed by atoms with van der Waals surface area (Å²) in [7, 11) is 3.42. The molecule has 4 rings (SSSR count). The van der Waals surface area contributed by atoms with E-state index < -0.39 is 0 Å². The van der Waals surface area contributed by atoms with Crippen molar-refractivity contribution >= 4 is 11.8 Å². The number of ether oxygens (including phenoxy) is 1. The van der Waals surface area contributed by atoms with Crippen LogP contribution in [0.1, 0.15) is 37.7 Å². The highest BCUT2D eigenvalue weighted by Crippen LogP contribution is 2.24. The minimum atomic E-state index is -0.230. The second kappa shape index (κ2) is 8.41. The van der Waals surface area contributed by atoms with E-state index in [1.54, 1.807) is 41.0 Å². The van der Waals surface area contributed by atoms with Gasteiger partial charge in [0.1, 0.15) is 5.75 Å². The summed E-state index contributed by atoms with van der Waals surface area (Å²) in [6.07, 6.45) is 0.653. The number of hydrogen-bond acceptors (Lipinski definition) is 4. The van der Waals surface area contributed by atoms with E-state index in [4.69, 9.17) is 4.74 Å². The number of aryl methyl sites for hydroxylation is 1. The minimum absolute atomic E-state index is 0.0842. The molecule has 1 aliphatic heterocycles. The fraction of sp³-hybridized carbons (Fsp3) is 0.261. The molecule has 0 fully saturated rings. The molecule has 2 aromatic carbocycles. The quantitative estimate of drug-likeness (QED) is 0.709. The zero-order chi connectivity index (χ0) is 21.1. The highest BCUT2D eigenvalue weighted by molar-refractivity contribution is 5.96. The van der Waals surface area contributed by atoms with E-state index in [0.29, 0.717) is 43.1 Å². The lowest BCUT2D eigenvalue weighted by Crippen LogP contribution is -2.37. The summed E-state index contributed by atoms with van der Waals surface area (Å²) in [6, 6.07) is 16.8. The van der Waals surface area contributed by atoms with E-state index in [-0.39, 0.29) is 11.8 Å². The van der Waals surface area contributed by atoms with Gasteiger partial charge in [-0.3, -0.25) is 14.3 Å². The molecule has 154 valence electrons. The molecule has 0 aliphatic carbocycles. The van der Waals surface area contributed by atoms with Gasteiger partial charge in [-0.15, -0.1) is 0 Å². The van der Waals surface area contributed by atoms with Crippen LogP contribution >= 0.6 is 0 Å². The Balaban J connectivity index is 1.52. The van der Waals surface area contributed by atoms with Crippen molar-refractivity contribution in [2.24, 2.45) is 7.05 Å². The molecule has 0 saturated carbocycles. The van der Waals surface area contributed by atoms with E-state index in [1.807, 2.05) is 37.4 Å². The van der Waals surface area contributed by atoms with Crippen LogP contribution in [0.3, 0.4) is 0 Å². The second-order valence-electron chi connectivity index (χ2n) is 7.27. The number of methoxy groups -OCH3 is 1. The topological polar surface area (TPSA) is 76.5 Å². The van der Waals surface area contributed by atoms with Crippen molar-refractivity contribution in [2.45, 2.75) is 19.5 Å². The average Bonchev–Trinajstić information content (AvgIpc) is 3.13. The fourth-order valence-corrected chi connectivity index (χ4v) is 3.75. The molecule has 0 unspecified atom stereocenters. The first-order valence-corrected chi connectivity index (χ1v) is 9.87. The summed E-state index contributed by atoms with van der Waals surface area (Å²) >= 11 is 0. The maximum absolute atomic E-state index is 13.0. The molecule has 30 heavy (non-hydrogen) atoms. The summed E-state index contributed by atoms with van der Waals surface area (Å²) in [4.78, 5) is 27.6. The number of aromatic nitrogens is 2. The predicted octanol–water partition coefficient (Wildman–Crippen LogP) is 2.56. The maximum atomic E-state index is 13.0. The van der Waals surface area contributed by atoms with E-state index in [9.17, 15) is 9.59 Å². The molecule has 0 bridgehead atoms. The largest absolute Gasteiger partial charge is 0.497 e. The van der Waals surface area contributed by atoms with Gasteiger partial charge in [-0.25, -0.2) is 0 Å². The highest BCUT2D eigenvalue weighted by atomic mass is 16.5. The Kier molecular flexibility index (Phi) is 5.52. The van der Waals surface area contributed by atoms with Crippen molar-refractivity contribution in [1.82, 2.24) is 20.0 Å². The fourth-order valence-electron chi connectivity index (χ4n) is 3.75. The first-order chi connectivity index (χ1) is 14.6. The van der Waals surface area contributed by atoms with Crippen molar-refractivity contribution in [3.8, 4) is 5.75 Å². The number of benzene rings is 2. The molecule has 7 heteroatoms. The number of amides is 2. The Morgan fingerprint density at radius 1 is 1.13 bits per heavy atom. The smallest absolute Gasteiger partial charge is 0.272 e. The maximum Gasteiger partial charge on any atom is 0.272 e. The molecule has 0 radical (unpaired) electrons. The first-order valence-electron chi connectivity index (χ1n) is 9.87. The molecule has 7 nitrogen and oxygen atoms in total. The van der Waals surface area contributed by atoms with Crippen LogP contribution in [0.15, 0.2) is 54.6 Å². The van der Waals surface area contributed by atoms with Gasteiger partial charge in [-0.1, -0.05) is 36.4 Å². The van der Waals surface area contributed by atoms with Gasteiger partial charge in [-0.2, -0.15) is 5.10 Å². The number of carbonyl (C=O) groups excluding carboxylic acids is 2. The summed E-state index contributed by atoms with van der Waals surface area (Å²) in [5, 5.41) is 7.38. The van der Waals surface area contributed by atoms with Crippen LogP contribution in [0, 0.1) is 0 Å². The number of nitrogens with zero attached hydrogens (tertiary/aromatic N) is 3. The lowest BCUT2D eigenvalue weighted by atomic mass is 10.0. The predicted molar refractivity (Wildman–Crippen MR) is 112 cm³/mol. The zero-order valence-electron chi connectivity index (χ0n) is 17.1. The third-order valence-electron chi connectivity index (χ3n) is 5.36. The molecular formula is C23H24N4O3. The molecular weight excluding hydrogens is 380 g/mol. The van der Waals surface area contributed by atoms with Gasteiger partial charge < -0.3 is 15.0 Å². The van der Waals surface area contributed by atoms with Gasteiger partial charge in [0.25, 0.3) is 11.8 Å². The van der Waals surface area contributed by atoms with E-state index in [1.165, 1.54) is 0 Å². The second-order valence-corrected chi connectivity index (χ2v) is 7.27. The monoisotopic (exact) mass is 404 g/mol. The third kappa shape index (κ3) is 3.91. The summed E-state index contributed by atoms with van der Waals surface area (Å²) in [5.41, 5.74) is 3.77. The molecule has 0 saturated heterocycles. The van der Waals surface area contributed by atoms with Gasteiger partial charge in [0.2, 0.25) is 0 Å². The van der Waals surface area contributed by atoms with Gasteiger partial charge in [0, 0.05) is 43.4 Å². The Morgan fingerprint density at radius 3 is 2.70 bits per heavy atom. The summed E-state index contributed by atoms with van der Waals surface area (Å²) < 4.78 is 6.98. The van der Waals surface area contributed by atoms with Crippen LogP contribution in [0.5, 0.6) is 5.75 Å². The highest BCUT2D eigenvalue weighted by Gasteiger charge is 2.29. The van der Waals surface area contributed by atoms with Gasteiger partial charge in [-0.05, 0) is 23.8 Å². The van der Waals surface area contributed by atoms with Gasteiger partial charge in [0.15, 0.2) is 5.69 Å². The Bertz CT molecular complexity index is 1080. The van der Waals surface area contributed by atoms with Crippen molar-refractivity contribution in [3.05, 3.63) is 82.7 Å². The molecule has 2 heterocycles. The summed E-state index contributed by atoms with van der Waals surface area (Å²) in [6.45, 7) is 1.36. The summed E-state index contributed by atoms with van der Waals surface area (Å²) in [5.74, 6) is 0.325. The van der Waals surface area contributed by atoms with Crippen molar-refractivity contribution in [1.29, 1.82) is 0 Å². The number of fused-ring (bicyclic) bond motifs is 1. The van der Waals surface area contributed by atoms with Crippen LogP contribution in [0.4, 0.5) is 0 Å². The molecule has 2 amide bonds. The van der Waals surface area contributed by atoms with Crippen molar-refractivity contribution in [3.63, 3.8) is 0 Å². The van der Waals surface area contributed by atoms with Crippen LogP contribution in [-0.4, -0.2) is 40.1 Å². The first kappa shape index (κ1) is 19.7. The van der Waals surface area contributed by atoms with Crippen LogP contribution < -0.4 is 10.1 Å². The standard InChI is InChI=1S/C23H24N4O3/c1-26-20-11-12-27(23(29)17-9-6-10-18(13-17)30-2)15-19(20)21(25-26)22(28)24-14-16-7-4-3-5-8-16/h3-10,13H,11-12,14-15H2,1-2H3,(H,24,28). The van der Waals surface area contributed by atoms with Gasteiger partial charge >= 0.3 is 0 Å². The molecule has 0 atom stereocenters. The molecule has 0 spiro atoms. The lowest BCUT2D eigenvalue weighted by molar-refractivity contribution is 0.0730. The third-order valence-corrected chi connectivity index (χ3v) is 5.36. The Hall–Kier alpha value is -3.61. The number of nitrogens with one attached hydrogen (secondary N) is 1. The Morgan fingerprint density at radius 2 is 1.93 bits per heavy atom. The molecule has 1 aliphatic rings. The van der Waals surface area contributed by atoms with Crippen LogP contribution in [0.2, 0.25) is 0 Å². The number of carbonyl (C=O) groups is 2. The van der Waals surface area contributed by atoms with Crippen LogP contribution in [0.25, 0.3) is 0 Å². The van der Waals surface area contributed by atoms with Crippen LogP contribution in [-0.2, 0) is 26.6 Å². The average molecular weight is 404 g/mol. The van der Waals surface area contributed by atoms with E-state index in [2.05, 4.69) is 10.4 Å². The van der Waals surface area contributed by atoms with E-state index in [0.717, 1.165) is 16.8 Å². The molecule has 1 N–H and O–H groups in total. The number of rotatable bonds is 5. The number of hydrogen-bond donors (Lipinski definition) is 1.